The van der Waals surface area contributed by atoms with Crippen LogP contribution in [0.1, 0.15) is 52.7 Å². The second-order valence-electron chi connectivity index (χ2n) is 7.64. The lowest BCUT2D eigenvalue weighted by Gasteiger charge is -2.44. The number of benzene rings is 2. The van der Waals surface area contributed by atoms with E-state index < -0.39 is 5.97 Å². The summed E-state index contributed by atoms with van der Waals surface area (Å²) in [5.74, 6) is 1.10. The van der Waals surface area contributed by atoms with Gasteiger partial charge in [0.1, 0.15) is 0 Å². The number of hydrogen-bond donors (Lipinski definition) is 1. The number of rotatable bonds is 2. The molecule has 2 aromatic carbocycles. The summed E-state index contributed by atoms with van der Waals surface area (Å²) in [4.78, 5) is 11.7. The fourth-order valence-electron chi connectivity index (χ4n) is 5.72. The van der Waals surface area contributed by atoms with Gasteiger partial charge in [-0.1, -0.05) is 48.0 Å². The van der Waals surface area contributed by atoms with Gasteiger partial charge in [0.05, 0.1) is 12.0 Å². The van der Waals surface area contributed by atoms with Crippen molar-refractivity contribution in [3.8, 4) is 0 Å². The van der Waals surface area contributed by atoms with Crippen LogP contribution in [0.5, 0.6) is 0 Å². The third-order valence-corrected chi connectivity index (χ3v) is 6.93. The summed E-state index contributed by atoms with van der Waals surface area (Å²) in [5, 5.41) is 16.0. The molecule has 0 spiro atoms. The van der Waals surface area contributed by atoms with Gasteiger partial charge in [-0.25, -0.2) is 0 Å². The Morgan fingerprint density at radius 3 is 2.60 bits per heavy atom. The summed E-state index contributed by atoms with van der Waals surface area (Å²) >= 11 is 6.51. The molecule has 1 N–H and O–H groups in total. The number of para-hydroxylation sites is 1. The van der Waals surface area contributed by atoms with Crippen molar-refractivity contribution in [2.45, 2.75) is 31.2 Å². The molecule has 3 nitrogen and oxygen atoms in total. The molecule has 25 heavy (non-hydrogen) atoms. The molecule has 2 fully saturated rings. The highest BCUT2D eigenvalue weighted by atomic mass is 35.5. The zero-order valence-electron chi connectivity index (χ0n) is 13.7. The van der Waals surface area contributed by atoms with Gasteiger partial charge in [0.25, 0.3) is 0 Å². The van der Waals surface area contributed by atoms with Crippen molar-refractivity contribution in [2.75, 3.05) is 5.32 Å². The molecular weight excluding hydrogens is 334 g/mol. The molecule has 5 atom stereocenters. The minimum absolute atomic E-state index is 0.0574. The van der Waals surface area contributed by atoms with Crippen molar-refractivity contribution in [1.82, 2.24) is 0 Å². The Kier molecular flexibility index (Phi) is 3.36. The van der Waals surface area contributed by atoms with Crippen molar-refractivity contribution < 1.29 is 9.90 Å². The van der Waals surface area contributed by atoms with E-state index in [1.54, 1.807) is 6.07 Å². The van der Waals surface area contributed by atoms with Crippen LogP contribution in [0.3, 0.4) is 0 Å². The van der Waals surface area contributed by atoms with Crippen molar-refractivity contribution in [2.24, 2.45) is 17.8 Å². The van der Waals surface area contributed by atoms with Crippen LogP contribution in [0.25, 0.3) is 0 Å². The van der Waals surface area contributed by atoms with Crippen LogP contribution in [-0.2, 0) is 0 Å². The monoisotopic (exact) mass is 352 g/mol. The van der Waals surface area contributed by atoms with E-state index in [0.29, 0.717) is 23.7 Å². The number of aromatic carboxylic acids is 1. The van der Waals surface area contributed by atoms with Gasteiger partial charge in [-0.05, 0) is 60.1 Å². The molecule has 3 aliphatic rings. The molecule has 2 bridgehead atoms. The molecule has 0 radical (unpaired) electrons. The molecule has 1 aliphatic heterocycles. The maximum absolute atomic E-state index is 11.7. The first-order valence-corrected chi connectivity index (χ1v) is 9.38. The Morgan fingerprint density at radius 2 is 1.80 bits per heavy atom. The van der Waals surface area contributed by atoms with Crippen molar-refractivity contribution >= 4 is 23.3 Å². The first kappa shape index (κ1) is 15.3. The fourth-order valence-corrected chi connectivity index (χ4v) is 5.97. The average molecular weight is 353 g/mol. The van der Waals surface area contributed by atoms with E-state index in [9.17, 15) is 9.90 Å². The molecule has 2 aromatic rings. The summed E-state index contributed by atoms with van der Waals surface area (Å²) in [7, 11) is 0. The highest BCUT2D eigenvalue weighted by molar-refractivity contribution is 6.31. The summed E-state index contributed by atoms with van der Waals surface area (Å²) in [5.41, 5.74) is 3.23. The number of halogens is 1. The SMILES string of the molecule is O=C([O-])c1cccc2c1N[C@H](c1ccccc1Cl)[C@@H]1[C@H]3CC[C@@H](C3)[C@H]21. The summed E-state index contributed by atoms with van der Waals surface area (Å²) in [6.07, 6.45) is 3.76. The molecule has 2 saturated carbocycles. The first-order valence-electron chi connectivity index (χ1n) is 9.00. The van der Waals surface area contributed by atoms with Crippen LogP contribution >= 0.6 is 11.6 Å². The van der Waals surface area contributed by atoms with Crippen LogP contribution in [0, 0.1) is 17.8 Å². The number of carboxylic acids is 1. The molecule has 1 heterocycles. The first-order chi connectivity index (χ1) is 12.1. The fraction of sp³-hybridized carbons (Fsp3) is 0.381. The predicted octanol–water partition coefficient (Wildman–Crippen LogP) is 4.00. The standard InChI is InChI=1S/C21H20ClNO2/c22-16-7-2-1-4-13(16)20-18-12-9-8-11(10-12)17(18)14-5-3-6-15(21(24)25)19(14)23-20/h1-7,11-12,17-18,20,23H,8-10H2,(H,24,25)/p-1/t11-,12-,17+,18+,20+/m0/s1. The topological polar surface area (TPSA) is 52.2 Å². The largest absolute Gasteiger partial charge is 0.545 e. The molecule has 0 aromatic heterocycles. The van der Waals surface area contributed by atoms with Crippen LogP contribution in [0.4, 0.5) is 5.69 Å². The van der Waals surface area contributed by atoms with E-state index in [1.165, 1.54) is 19.3 Å². The Hall–Kier alpha value is -2.00. The number of carbonyl (C=O) groups excluding carboxylic acids is 1. The van der Waals surface area contributed by atoms with Crippen molar-refractivity contribution in [1.29, 1.82) is 0 Å². The number of nitrogens with one attached hydrogen (secondary N) is 1. The van der Waals surface area contributed by atoms with E-state index in [4.69, 9.17) is 11.6 Å². The molecule has 4 heteroatoms. The predicted molar refractivity (Wildman–Crippen MR) is 95.7 cm³/mol. The number of carbonyl (C=O) groups is 1. The van der Waals surface area contributed by atoms with Crippen LogP contribution in [0.2, 0.25) is 5.02 Å². The van der Waals surface area contributed by atoms with Crippen LogP contribution in [-0.4, -0.2) is 5.97 Å². The second-order valence-corrected chi connectivity index (χ2v) is 8.04. The molecule has 0 saturated heterocycles. The van der Waals surface area contributed by atoms with Gasteiger partial charge in [-0.2, -0.15) is 0 Å². The van der Waals surface area contributed by atoms with Crippen LogP contribution in [0.15, 0.2) is 42.5 Å². The molecule has 128 valence electrons. The smallest absolute Gasteiger partial charge is 0.0736 e. The average Bonchev–Trinajstić information content (AvgIpc) is 3.23. The molecular formula is C21H19ClNO2-. The van der Waals surface area contributed by atoms with E-state index in [1.807, 2.05) is 24.3 Å². The van der Waals surface area contributed by atoms with E-state index in [0.717, 1.165) is 21.8 Å². The summed E-state index contributed by atoms with van der Waals surface area (Å²) < 4.78 is 0. The Morgan fingerprint density at radius 1 is 1.04 bits per heavy atom. The highest BCUT2D eigenvalue weighted by Crippen LogP contribution is 2.64. The number of carboxylic acid groups (broad SMARTS) is 1. The zero-order chi connectivity index (χ0) is 17.1. The van der Waals surface area contributed by atoms with Gasteiger partial charge in [-0.15, -0.1) is 0 Å². The lowest BCUT2D eigenvalue weighted by molar-refractivity contribution is -0.254. The maximum Gasteiger partial charge on any atom is 0.0736 e. The second kappa shape index (κ2) is 5.50. The molecule has 0 amide bonds. The lowest BCUT2D eigenvalue weighted by Crippen LogP contribution is -2.37. The highest BCUT2D eigenvalue weighted by Gasteiger charge is 2.54. The zero-order valence-corrected chi connectivity index (χ0v) is 14.5. The van der Waals surface area contributed by atoms with E-state index >= 15 is 0 Å². The Labute approximate surface area is 152 Å². The van der Waals surface area contributed by atoms with Crippen LogP contribution < -0.4 is 10.4 Å². The van der Waals surface area contributed by atoms with Crippen molar-refractivity contribution in [3.63, 3.8) is 0 Å². The number of anilines is 1. The third-order valence-electron chi connectivity index (χ3n) is 6.58. The van der Waals surface area contributed by atoms with E-state index in [-0.39, 0.29) is 11.6 Å². The van der Waals surface area contributed by atoms with Gasteiger partial charge in [0.2, 0.25) is 0 Å². The Bertz CT molecular complexity index is 865. The number of fused-ring (bicyclic) bond motifs is 7. The Balaban J connectivity index is 1.70. The van der Waals surface area contributed by atoms with Gasteiger partial charge in [0, 0.05) is 16.3 Å². The molecule has 0 unspecified atom stereocenters. The third kappa shape index (κ3) is 2.15. The van der Waals surface area contributed by atoms with Gasteiger partial charge < -0.3 is 15.2 Å². The van der Waals surface area contributed by atoms with Gasteiger partial charge in [-0.3, -0.25) is 0 Å². The van der Waals surface area contributed by atoms with E-state index in [2.05, 4.69) is 17.4 Å². The lowest BCUT2D eigenvalue weighted by atomic mass is 9.67. The summed E-state index contributed by atoms with van der Waals surface area (Å²) in [6.45, 7) is 0. The van der Waals surface area contributed by atoms with Crippen molar-refractivity contribution in [3.05, 3.63) is 64.2 Å². The summed E-state index contributed by atoms with van der Waals surface area (Å²) in [6, 6.07) is 13.6. The maximum atomic E-state index is 11.7. The number of hydrogen-bond acceptors (Lipinski definition) is 3. The van der Waals surface area contributed by atoms with Gasteiger partial charge >= 0.3 is 0 Å². The molecule has 5 rings (SSSR count). The van der Waals surface area contributed by atoms with Gasteiger partial charge in [0.15, 0.2) is 0 Å². The quantitative estimate of drug-likeness (QED) is 0.888. The minimum Gasteiger partial charge on any atom is -0.545 e. The molecule has 2 aliphatic carbocycles. The normalized spacial score (nSPS) is 32.0. The minimum atomic E-state index is -1.12.